The number of alkyl halides is 3. The van der Waals surface area contributed by atoms with Gasteiger partial charge in [0.05, 0.1) is 29.8 Å². The Morgan fingerprint density at radius 1 is 1.10 bits per heavy atom. The van der Waals surface area contributed by atoms with Gasteiger partial charge in [0.15, 0.2) is 0 Å². The zero-order chi connectivity index (χ0) is 34.6. The highest BCUT2D eigenvalue weighted by molar-refractivity contribution is 5.96. The van der Waals surface area contributed by atoms with E-state index in [1.807, 2.05) is 18.2 Å². The van der Waals surface area contributed by atoms with Gasteiger partial charge in [-0.3, -0.25) is 4.79 Å². The smallest absolute Gasteiger partial charge is 0.419 e. The van der Waals surface area contributed by atoms with E-state index >= 15 is 0 Å². The number of hydrogen-bond donors (Lipinski definition) is 2. The Morgan fingerprint density at radius 2 is 1.88 bits per heavy atom. The maximum Gasteiger partial charge on any atom is 0.419 e. The van der Waals surface area contributed by atoms with Gasteiger partial charge in [-0.05, 0) is 107 Å². The van der Waals surface area contributed by atoms with E-state index in [9.17, 15) is 18.0 Å². The number of carbonyl (C=O) groups is 1. The Hall–Kier alpha value is -4.19. The van der Waals surface area contributed by atoms with E-state index < -0.39 is 11.7 Å². The number of nitrogens with zero attached hydrogens (tertiary/aromatic N) is 4. The second-order valence-electron chi connectivity index (χ2n) is 13.8. The van der Waals surface area contributed by atoms with Gasteiger partial charge in [0.25, 0.3) is 5.91 Å². The molecule has 1 saturated heterocycles. The quantitative estimate of drug-likeness (QED) is 0.207. The number of aryl methyl sites for hydroxylation is 1. The lowest BCUT2D eigenvalue weighted by atomic mass is 9.74. The van der Waals surface area contributed by atoms with Crippen molar-refractivity contribution in [1.82, 2.24) is 20.2 Å². The van der Waals surface area contributed by atoms with Gasteiger partial charge in [-0.2, -0.15) is 13.2 Å². The molecule has 1 aromatic heterocycles. The molecule has 2 heterocycles. The summed E-state index contributed by atoms with van der Waals surface area (Å²) in [6.07, 6.45) is 4.06. The third-order valence-electron chi connectivity index (χ3n) is 10.7. The van der Waals surface area contributed by atoms with Crippen molar-refractivity contribution in [3.05, 3.63) is 77.1 Å². The zero-order valence-corrected chi connectivity index (χ0v) is 28.4. The molecule has 12 heteroatoms. The molecule has 2 aromatic carbocycles. The van der Waals surface area contributed by atoms with Crippen LogP contribution in [0.15, 0.2) is 59.9 Å². The first-order valence-electron chi connectivity index (χ1n) is 17.1. The van der Waals surface area contributed by atoms with E-state index in [1.165, 1.54) is 7.11 Å². The number of ether oxygens (including phenoxy) is 1. The number of benzene rings is 2. The number of oxime groups is 1. The molecule has 0 bridgehead atoms. The van der Waals surface area contributed by atoms with E-state index in [1.54, 1.807) is 25.3 Å². The highest BCUT2D eigenvalue weighted by atomic mass is 19.4. The summed E-state index contributed by atoms with van der Waals surface area (Å²) in [5.74, 6) is 0.170. The predicted octanol–water partition coefficient (Wildman–Crippen LogP) is 7.20. The summed E-state index contributed by atoms with van der Waals surface area (Å²) < 4.78 is 48.6. The molecule has 1 spiro atoms. The molecule has 2 N–H and O–H groups in total. The number of likely N-dealkylation sites (tertiary alicyclic amines) is 1. The molecule has 262 valence electrons. The summed E-state index contributed by atoms with van der Waals surface area (Å²) >= 11 is 0. The molecule has 2 saturated carbocycles. The van der Waals surface area contributed by atoms with Crippen molar-refractivity contribution in [2.24, 2.45) is 16.0 Å². The maximum absolute atomic E-state index is 14.3. The number of anilines is 2. The minimum atomic E-state index is -4.62. The van der Waals surface area contributed by atoms with Crippen LogP contribution < -0.4 is 15.4 Å². The fourth-order valence-electron chi connectivity index (χ4n) is 8.02. The second kappa shape index (κ2) is 14.3. The highest BCUT2D eigenvalue weighted by Gasteiger charge is 2.68. The minimum Gasteiger partial charge on any atom is -0.495 e. The van der Waals surface area contributed by atoms with Crippen molar-refractivity contribution in [2.45, 2.75) is 76.4 Å². The summed E-state index contributed by atoms with van der Waals surface area (Å²) in [5, 5.41) is 10.6. The van der Waals surface area contributed by atoms with E-state index in [0.29, 0.717) is 23.4 Å². The Balaban J connectivity index is 1.24. The average molecular weight is 679 g/mol. The van der Waals surface area contributed by atoms with Crippen LogP contribution in [0.3, 0.4) is 0 Å². The summed E-state index contributed by atoms with van der Waals surface area (Å²) in [4.78, 5) is 29.0. The molecule has 2 atom stereocenters. The number of amides is 1. The number of hydrogen-bond acceptors (Lipinski definition) is 8. The summed E-state index contributed by atoms with van der Waals surface area (Å²) in [7, 11) is 5.09. The van der Waals surface area contributed by atoms with Crippen LogP contribution in [0.1, 0.15) is 78.5 Å². The Morgan fingerprint density at radius 3 is 2.59 bits per heavy atom. The Labute approximate surface area is 285 Å². The monoisotopic (exact) mass is 678 g/mol. The topological polar surface area (TPSA) is 101 Å². The largest absolute Gasteiger partial charge is 0.495 e. The lowest BCUT2D eigenvalue weighted by Gasteiger charge is -2.31. The van der Waals surface area contributed by atoms with Crippen LogP contribution in [-0.2, 0) is 23.9 Å². The van der Waals surface area contributed by atoms with Crippen LogP contribution in [-0.4, -0.2) is 66.9 Å². The lowest BCUT2D eigenvalue weighted by molar-refractivity contribution is -0.138. The van der Waals surface area contributed by atoms with Gasteiger partial charge in [-0.1, -0.05) is 41.9 Å². The Bertz CT molecular complexity index is 1660. The SMILES string of the molecule is CO/N=C1\CCCC[C@@]12C[C@@]2(CCc1nc(Nc2ccc(C(=O)NC3CCN(C)CC3)cc2OC)ncc1C(F)(F)F)Cc1ccccc1. The van der Waals surface area contributed by atoms with E-state index in [2.05, 4.69) is 49.8 Å². The van der Waals surface area contributed by atoms with Crippen molar-refractivity contribution in [2.75, 3.05) is 39.7 Å². The molecule has 2 aliphatic carbocycles. The molecule has 9 nitrogen and oxygen atoms in total. The summed E-state index contributed by atoms with van der Waals surface area (Å²) in [6, 6.07) is 15.1. The third-order valence-corrected chi connectivity index (χ3v) is 10.7. The van der Waals surface area contributed by atoms with E-state index in [4.69, 9.17) is 9.57 Å². The van der Waals surface area contributed by atoms with Crippen LogP contribution in [0.2, 0.25) is 0 Å². The summed E-state index contributed by atoms with van der Waals surface area (Å²) in [5.41, 5.74) is 1.68. The standard InChI is InChI=1S/C37H45F3N6O3/c1-46-19-15-27(16-20-46)42-33(47)26-12-13-30(31(21-26)48-2)44-34-41-23-28(37(38,39)40)29(43-34)14-18-35(22-25-9-5-4-6-10-25)24-36(35)17-8-7-11-32(36)45-49-3/h4-6,9-10,12-13,21,23,27H,7-8,11,14-20,22,24H2,1-3H3,(H,42,47)(H,41,43,44)/b45-32+/t35-,36-/m1/s1. The van der Waals surface area contributed by atoms with Gasteiger partial charge in [0, 0.05) is 23.2 Å². The lowest BCUT2D eigenvalue weighted by Crippen LogP contribution is -2.43. The molecule has 1 amide bonds. The van der Waals surface area contributed by atoms with Crippen LogP contribution >= 0.6 is 0 Å². The van der Waals surface area contributed by atoms with Gasteiger partial charge < -0.3 is 25.1 Å². The molecule has 0 unspecified atom stereocenters. The fourth-order valence-corrected chi connectivity index (χ4v) is 8.02. The van der Waals surface area contributed by atoms with Crippen molar-refractivity contribution in [1.29, 1.82) is 0 Å². The first kappa shape index (κ1) is 34.7. The van der Waals surface area contributed by atoms with Gasteiger partial charge in [-0.25, -0.2) is 9.97 Å². The number of nitrogens with one attached hydrogen (secondary N) is 2. The van der Waals surface area contributed by atoms with Gasteiger partial charge >= 0.3 is 6.18 Å². The highest BCUT2D eigenvalue weighted by Crippen LogP contribution is 2.72. The molecule has 49 heavy (non-hydrogen) atoms. The third kappa shape index (κ3) is 7.54. The number of halogens is 3. The van der Waals surface area contributed by atoms with Crippen LogP contribution in [0, 0.1) is 10.8 Å². The van der Waals surface area contributed by atoms with Crippen molar-refractivity contribution >= 4 is 23.3 Å². The van der Waals surface area contributed by atoms with Crippen molar-refractivity contribution in [3.8, 4) is 5.75 Å². The number of piperidine rings is 1. The molecule has 3 fully saturated rings. The molecule has 6 rings (SSSR count). The van der Waals surface area contributed by atoms with Crippen molar-refractivity contribution < 1.29 is 27.5 Å². The van der Waals surface area contributed by atoms with Gasteiger partial charge in [0.1, 0.15) is 12.9 Å². The zero-order valence-electron chi connectivity index (χ0n) is 28.4. The predicted molar refractivity (Wildman–Crippen MR) is 182 cm³/mol. The number of carbonyl (C=O) groups excluding carboxylic acids is 1. The second-order valence-corrected chi connectivity index (χ2v) is 13.8. The van der Waals surface area contributed by atoms with Crippen LogP contribution in [0.5, 0.6) is 5.75 Å². The molecule has 1 aliphatic heterocycles. The maximum atomic E-state index is 14.3. The fraction of sp³-hybridized carbons (Fsp3) is 0.514. The van der Waals surface area contributed by atoms with Crippen LogP contribution in [0.4, 0.5) is 24.8 Å². The first-order valence-corrected chi connectivity index (χ1v) is 17.1. The molecule has 3 aromatic rings. The molecule has 0 radical (unpaired) electrons. The van der Waals surface area contributed by atoms with Gasteiger partial charge in [-0.15, -0.1) is 0 Å². The number of rotatable bonds is 11. The number of aromatic nitrogens is 2. The van der Waals surface area contributed by atoms with Gasteiger partial charge in [0.2, 0.25) is 5.95 Å². The molecule has 3 aliphatic rings. The summed E-state index contributed by atoms with van der Waals surface area (Å²) in [6.45, 7) is 1.84. The number of methoxy groups -OCH3 is 1. The van der Waals surface area contributed by atoms with Crippen molar-refractivity contribution in [3.63, 3.8) is 0 Å². The van der Waals surface area contributed by atoms with E-state index in [-0.39, 0.29) is 40.8 Å². The Kier molecular flexibility index (Phi) is 10.1. The van der Waals surface area contributed by atoms with E-state index in [0.717, 1.165) is 81.9 Å². The normalized spacial score (nSPS) is 23.8. The van der Waals surface area contributed by atoms with Crippen LogP contribution in [0.25, 0.3) is 0 Å². The average Bonchev–Trinajstić information content (AvgIpc) is 3.71. The first-order chi connectivity index (χ1) is 23.6. The minimum absolute atomic E-state index is 0.0201. The molecular weight excluding hydrogens is 633 g/mol. The molecular formula is C37H45F3N6O3.